The van der Waals surface area contributed by atoms with E-state index in [1.165, 1.54) is 6.07 Å². The molecule has 0 N–H and O–H groups in total. The molecular weight excluding hydrogens is 206 g/mol. The summed E-state index contributed by atoms with van der Waals surface area (Å²) in [6, 6.07) is 11.0. The summed E-state index contributed by atoms with van der Waals surface area (Å²) in [5.74, 6) is -0.812. The second kappa shape index (κ2) is 4.44. The normalized spacial score (nSPS) is 10.4. The Morgan fingerprint density at radius 1 is 1.00 bits per heavy atom. The van der Waals surface area contributed by atoms with Gasteiger partial charge in [-0.25, -0.2) is 8.78 Å². The maximum Gasteiger partial charge on any atom is 0.131 e. The molecule has 0 spiro atoms. The third-order valence-electron chi connectivity index (χ3n) is 2.57. The van der Waals surface area contributed by atoms with Crippen molar-refractivity contribution in [1.29, 1.82) is 0 Å². The van der Waals surface area contributed by atoms with Gasteiger partial charge in [0.05, 0.1) is 0 Å². The molecule has 0 bridgehead atoms. The maximum absolute atomic E-state index is 13.5. The smallest absolute Gasteiger partial charge is 0.131 e. The first-order valence-corrected chi connectivity index (χ1v) is 5.25. The highest BCUT2D eigenvalue weighted by Crippen LogP contribution is 2.24. The van der Waals surface area contributed by atoms with Crippen molar-refractivity contribution < 1.29 is 8.78 Å². The zero-order valence-corrected chi connectivity index (χ0v) is 9.00. The van der Waals surface area contributed by atoms with Crippen LogP contribution in [0.2, 0.25) is 0 Å². The Kier molecular flexibility index (Phi) is 3.00. The van der Waals surface area contributed by atoms with E-state index in [4.69, 9.17) is 0 Å². The zero-order valence-electron chi connectivity index (χ0n) is 9.00. The quantitative estimate of drug-likeness (QED) is 0.708. The summed E-state index contributed by atoms with van der Waals surface area (Å²) in [5.41, 5.74) is 2.15. The molecule has 0 aliphatic rings. The lowest BCUT2D eigenvalue weighted by molar-refractivity contribution is 0.603. The minimum Gasteiger partial charge on any atom is -0.207 e. The molecule has 16 heavy (non-hydrogen) atoms. The topological polar surface area (TPSA) is 0 Å². The van der Waals surface area contributed by atoms with Crippen LogP contribution in [0.15, 0.2) is 42.5 Å². The second-order valence-corrected chi connectivity index (χ2v) is 3.68. The highest BCUT2D eigenvalue weighted by molar-refractivity contribution is 5.64. The number of rotatable bonds is 2. The van der Waals surface area contributed by atoms with Crippen LogP contribution in [0.4, 0.5) is 8.78 Å². The van der Waals surface area contributed by atoms with Gasteiger partial charge in [0.2, 0.25) is 0 Å². The monoisotopic (exact) mass is 218 g/mol. The molecule has 0 aliphatic carbocycles. The van der Waals surface area contributed by atoms with Crippen LogP contribution in [0.25, 0.3) is 11.1 Å². The van der Waals surface area contributed by atoms with Crippen molar-refractivity contribution in [2.24, 2.45) is 0 Å². The summed E-state index contributed by atoms with van der Waals surface area (Å²) >= 11 is 0. The van der Waals surface area contributed by atoms with Gasteiger partial charge in [-0.15, -0.1) is 0 Å². The molecule has 2 aromatic rings. The van der Waals surface area contributed by atoms with Gasteiger partial charge in [-0.3, -0.25) is 0 Å². The van der Waals surface area contributed by atoms with E-state index in [-0.39, 0.29) is 0 Å². The first-order valence-electron chi connectivity index (χ1n) is 5.25. The molecule has 0 aromatic heterocycles. The molecular formula is C14H12F2. The van der Waals surface area contributed by atoms with Gasteiger partial charge in [0.15, 0.2) is 0 Å². The lowest BCUT2D eigenvalue weighted by Crippen LogP contribution is -1.88. The van der Waals surface area contributed by atoms with Gasteiger partial charge in [0.25, 0.3) is 0 Å². The molecule has 0 saturated heterocycles. The number of hydrogen-bond acceptors (Lipinski definition) is 0. The average Bonchev–Trinajstić information content (AvgIpc) is 2.32. The Balaban J connectivity index is 2.53. The molecule has 0 nitrogen and oxygen atoms in total. The van der Waals surface area contributed by atoms with Gasteiger partial charge in [0.1, 0.15) is 11.6 Å². The fraction of sp³-hybridized carbons (Fsp3) is 0.143. The maximum atomic E-state index is 13.5. The lowest BCUT2D eigenvalue weighted by Gasteiger charge is -2.05. The fourth-order valence-electron chi connectivity index (χ4n) is 1.68. The van der Waals surface area contributed by atoms with Crippen molar-refractivity contribution in [3.05, 3.63) is 59.7 Å². The molecule has 0 amide bonds. The SMILES string of the molecule is CCc1cccc(-c2cc(F)ccc2F)c1. The summed E-state index contributed by atoms with van der Waals surface area (Å²) in [4.78, 5) is 0. The van der Waals surface area contributed by atoms with Crippen molar-refractivity contribution >= 4 is 0 Å². The standard InChI is InChI=1S/C14H12F2/c1-2-10-4-3-5-11(8-10)13-9-12(15)6-7-14(13)16/h3-9H,2H2,1H3. The Morgan fingerprint density at radius 3 is 2.56 bits per heavy atom. The molecule has 0 fully saturated rings. The Hall–Kier alpha value is -1.70. The van der Waals surface area contributed by atoms with Gasteiger partial charge in [-0.1, -0.05) is 31.2 Å². The van der Waals surface area contributed by atoms with Crippen LogP contribution in [-0.4, -0.2) is 0 Å². The predicted octanol–water partition coefficient (Wildman–Crippen LogP) is 4.19. The largest absolute Gasteiger partial charge is 0.207 e. The van der Waals surface area contributed by atoms with Crippen LogP contribution in [0.3, 0.4) is 0 Å². The van der Waals surface area contributed by atoms with Gasteiger partial charge >= 0.3 is 0 Å². The molecule has 2 aromatic carbocycles. The van der Waals surface area contributed by atoms with Crippen LogP contribution in [0, 0.1) is 11.6 Å². The minimum atomic E-state index is -0.418. The Bertz CT molecular complexity index is 504. The summed E-state index contributed by atoms with van der Waals surface area (Å²) in [5, 5.41) is 0. The van der Waals surface area contributed by atoms with Gasteiger partial charge < -0.3 is 0 Å². The number of benzene rings is 2. The van der Waals surface area contributed by atoms with Crippen LogP contribution >= 0.6 is 0 Å². The molecule has 2 heteroatoms. The van der Waals surface area contributed by atoms with E-state index in [1.807, 2.05) is 25.1 Å². The third-order valence-corrected chi connectivity index (χ3v) is 2.57. The van der Waals surface area contributed by atoms with Gasteiger partial charge in [-0.2, -0.15) is 0 Å². The fourth-order valence-corrected chi connectivity index (χ4v) is 1.68. The van der Waals surface area contributed by atoms with Crippen LogP contribution in [0.1, 0.15) is 12.5 Å². The van der Waals surface area contributed by atoms with E-state index in [2.05, 4.69) is 0 Å². The summed E-state index contributed by atoms with van der Waals surface area (Å²) in [6.45, 7) is 2.03. The Labute approximate surface area is 93.5 Å². The van der Waals surface area contributed by atoms with Crippen LogP contribution in [0.5, 0.6) is 0 Å². The molecule has 0 unspecified atom stereocenters. The summed E-state index contributed by atoms with van der Waals surface area (Å²) < 4.78 is 26.6. The van der Waals surface area contributed by atoms with Gasteiger partial charge in [-0.05, 0) is 35.7 Å². The van der Waals surface area contributed by atoms with E-state index in [0.717, 1.165) is 29.7 Å². The molecule has 2 rings (SSSR count). The number of hydrogen-bond donors (Lipinski definition) is 0. The number of halogens is 2. The van der Waals surface area contributed by atoms with E-state index in [9.17, 15) is 8.78 Å². The van der Waals surface area contributed by atoms with Gasteiger partial charge in [0, 0.05) is 5.56 Å². The van der Waals surface area contributed by atoms with Crippen molar-refractivity contribution in [3.8, 4) is 11.1 Å². The highest BCUT2D eigenvalue weighted by atomic mass is 19.1. The van der Waals surface area contributed by atoms with E-state index >= 15 is 0 Å². The van der Waals surface area contributed by atoms with Crippen LogP contribution < -0.4 is 0 Å². The lowest BCUT2D eigenvalue weighted by atomic mass is 10.0. The van der Waals surface area contributed by atoms with Crippen molar-refractivity contribution in [3.63, 3.8) is 0 Å². The molecule has 0 atom stereocenters. The van der Waals surface area contributed by atoms with E-state index in [1.54, 1.807) is 6.07 Å². The highest BCUT2D eigenvalue weighted by Gasteiger charge is 2.06. The third kappa shape index (κ3) is 2.11. The van der Waals surface area contributed by atoms with Crippen molar-refractivity contribution in [2.75, 3.05) is 0 Å². The Morgan fingerprint density at radius 2 is 1.81 bits per heavy atom. The summed E-state index contributed by atoms with van der Waals surface area (Å²) in [7, 11) is 0. The van der Waals surface area contributed by atoms with Crippen molar-refractivity contribution in [1.82, 2.24) is 0 Å². The predicted molar refractivity (Wildman–Crippen MR) is 61.2 cm³/mol. The molecule has 0 aliphatic heterocycles. The number of aryl methyl sites for hydroxylation is 1. The van der Waals surface area contributed by atoms with E-state index in [0.29, 0.717) is 5.56 Å². The van der Waals surface area contributed by atoms with E-state index < -0.39 is 11.6 Å². The summed E-state index contributed by atoms with van der Waals surface area (Å²) in [6.07, 6.45) is 0.880. The first kappa shape index (κ1) is 10.8. The van der Waals surface area contributed by atoms with Crippen molar-refractivity contribution in [2.45, 2.75) is 13.3 Å². The zero-order chi connectivity index (χ0) is 11.5. The molecule has 0 heterocycles. The van der Waals surface area contributed by atoms with Crippen LogP contribution in [-0.2, 0) is 6.42 Å². The molecule has 82 valence electrons. The first-order chi connectivity index (χ1) is 7.70. The average molecular weight is 218 g/mol. The minimum absolute atomic E-state index is 0.315. The molecule has 0 radical (unpaired) electrons. The molecule has 0 saturated carbocycles. The second-order valence-electron chi connectivity index (χ2n) is 3.68.